The summed E-state index contributed by atoms with van der Waals surface area (Å²) >= 11 is 40.4. The van der Waals surface area contributed by atoms with Gasteiger partial charge in [0.25, 0.3) is 11.7 Å². The average molecular weight is 1200 g/mol. The van der Waals surface area contributed by atoms with Gasteiger partial charge in [0.2, 0.25) is 17.7 Å². The zero-order valence-corrected chi connectivity index (χ0v) is 46.4. The number of nitrogens with two attached hydrogens (primary N) is 1. The maximum Gasteiger partial charge on any atom is 0.296 e. The lowest BCUT2D eigenvalue weighted by Crippen LogP contribution is -2.49. The van der Waals surface area contributed by atoms with Gasteiger partial charge in [-0.15, -0.1) is 34.0 Å². The van der Waals surface area contributed by atoms with Gasteiger partial charge in [-0.3, -0.25) is 44.2 Å². The highest BCUT2D eigenvalue weighted by molar-refractivity contribution is 7.11. The highest BCUT2D eigenvalue weighted by Gasteiger charge is 2.66. The molecule has 4 fully saturated rings. The van der Waals surface area contributed by atoms with Crippen molar-refractivity contribution in [2.45, 2.75) is 60.7 Å². The number of rotatable bonds is 6. The fourth-order valence-corrected chi connectivity index (χ4v) is 15.5. The smallest absolute Gasteiger partial charge is 0.296 e. The Bertz CT molecular complexity index is 3270. The topological polar surface area (TPSA) is 218 Å². The van der Waals surface area contributed by atoms with Crippen molar-refractivity contribution in [3.05, 3.63) is 156 Å². The predicted molar refractivity (Wildman–Crippen MR) is 302 cm³/mol. The third-order valence-corrected chi connectivity index (χ3v) is 19.1. The van der Waals surface area contributed by atoms with E-state index in [1.807, 2.05) is 40.4 Å². The molecule has 3 aromatic carbocycles. The van der Waals surface area contributed by atoms with Gasteiger partial charge in [0.15, 0.2) is 0 Å². The minimum Gasteiger partial charge on any atom is -0.351 e. The first-order chi connectivity index (χ1) is 36.4. The van der Waals surface area contributed by atoms with E-state index in [1.165, 1.54) is 46.2 Å². The molecule has 7 aliphatic rings. The van der Waals surface area contributed by atoms with Crippen molar-refractivity contribution in [1.29, 1.82) is 0 Å². The molecular weight excluding hydrogens is 1160 g/mol. The van der Waals surface area contributed by atoms with E-state index in [4.69, 9.17) is 75.3 Å². The second-order valence-corrected chi connectivity index (χ2v) is 24.3. The zero-order chi connectivity index (χ0) is 53.8. The highest BCUT2D eigenvalue weighted by atomic mass is 35.5. The van der Waals surface area contributed by atoms with E-state index in [0.717, 1.165) is 38.6 Å². The molecule has 392 valence electrons. The van der Waals surface area contributed by atoms with Crippen molar-refractivity contribution in [3.8, 4) is 0 Å². The maximum absolute atomic E-state index is 13.1. The number of Topliss-reactive ketones (excluding diaryl/α,β-unsaturated/α-hetero) is 3. The molecular formula is C53H43Cl6N7O7S3. The molecule has 2 aliphatic carbocycles. The van der Waals surface area contributed by atoms with Gasteiger partial charge in [-0.25, -0.2) is 0 Å². The zero-order valence-electron chi connectivity index (χ0n) is 39.4. The van der Waals surface area contributed by atoms with Crippen LogP contribution in [-0.4, -0.2) is 66.2 Å². The number of ketones is 3. The first-order valence-corrected chi connectivity index (χ1v) is 28.7. The minimum absolute atomic E-state index is 0.00533. The fourth-order valence-electron chi connectivity index (χ4n) is 11.4. The molecule has 4 amide bonds. The molecule has 76 heavy (non-hydrogen) atoms. The molecule has 5 aliphatic heterocycles. The standard InChI is InChI=1S/2C18H14Cl2N2O2S.C9H11ClN2OS.C8H4ClNO2/c2*19-8-1-2-10-12(5-8)21-17(24)18(10)16(14-6-9(20)7-25-14)15-11(22-18)3-4-13(15)23;10-7-5-8(14-6-7)1-2-9(13)12-4-3-11;9-4-1-2-5-6(3-4)10-8(12)7(5)11/h2*1-2,5-7,11,15-16,22H,3-4H2,(H,21,24);1-2,5-6H,3-4,11H2,(H,12,13);1-3H,(H,10,11,12)/b;;2-1+;/t11-,15-,16-,18+;11-,15-,16-,18-;;/m01../s1. The van der Waals surface area contributed by atoms with Gasteiger partial charge < -0.3 is 27.0 Å². The maximum atomic E-state index is 13.1. The number of halogens is 6. The molecule has 0 radical (unpaired) electrons. The van der Waals surface area contributed by atoms with Gasteiger partial charge in [-0.1, -0.05) is 81.7 Å². The van der Waals surface area contributed by atoms with Crippen molar-refractivity contribution in [2.24, 2.45) is 17.6 Å². The number of benzene rings is 3. The summed E-state index contributed by atoms with van der Waals surface area (Å²) in [7, 11) is 0. The summed E-state index contributed by atoms with van der Waals surface area (Å²) in [4.78, 5) is 87.4. The summed E-state index contributed by atoms with van der Waals surface area (Å²) in [5.41, 5.74) is 7.38. The molecule has 3 aromatic heterocycles. The van der Waals surface area contributed by atoms with Crippen LogP contribution >= 0.6 is 104 Å². The third kappa shape index (κ3) is 10.1. The van der Waals surface area contributed by atoms with Crippen LogP contribution in [0.4, 0.5) is 17.1 Å². The SMILES string of the molecule is NCCNC(=O)/C=C/c1cc(Cl)cs1.O=C1CC[C@@H]2N[C@@]3(C(=O)Nc4cc(Cl)ccc43)[C@@H](c3cc(Cl)cs3)[C@H]12.O=C1CC[C@H]2N[C@@]3(C(=O)Nc4cc(Cl)ccc43)[C@H](c3cc(Cl)cs3)[C@@H]12.O=C1Nc2cc(Cl)ccc2C1=O. The second kappa shape index (κ2) is 22.0. The number of hydrogen-bond donors (Lipinski definition) is 7. The van der Waals surface area contributed by atoms with Crippen LogP contribution in [0.1, 0.15) is 73.6 Å². The van der Waals surface area contributed by atoms with Crippen LogP contribution in [0, 0.1) is 11.8 Å². The molecule has 0 bridgehead atoms. The Morgan fingerprint density at radius 3 is 1.54 bits per heavy atom. The van der Waals surface area contributed by atoms with Gasteiger partial charge >= 0.3 is 0 Å². The molecule has 6 aromatic rings. The van der Waals surface area contributed by atoms with Crippen LogP contribution in [0.15, 0.2) is 95.0 Å². The summed E-state index contributed by atoms with van der Waals surface area (Å²) < 4.78 is 0. The van der Waals surface area contributed by atoms with Gasteiger partial charge in [0.05, 0.1) is 26.3 Å². The van der Waals surface area contributed by atoms with Gasteiger partial charge in [-0.2, -0.15) is 0 Å². The molecule has 8 N–H and O–H groups in total. The monoisotopic (exact) mass is 1200 g/mol. The molecule has 23 heteroatoms. The van der Waals surface area contributed by atoms with Crippen LogP contribution in [0.25, 0.3) is 6.08 Å². The summed E-state index contributed by atoms with van der Waals surface area (Å²) in [6, 6.07) is 21.1. The predicted octanol–water partition coefficient (Wildman–Crippen LogP) is 10.8. The van der Waals surface area contributed by atoms with E-state index in [2.05, 4.69) is 31.9 Å². The average Bonchev–Trinajstić information content (AvgIpc) is 4.48. The van der Waals surface area contributed by atoms with Crippen molar-refractivity contribution >= 4 is 168 Å². The lowest BCUT2D eigenvalue weighted by atomic mass is 9.74. The first-order valence-electron chi connectivity index (χ1n) is 23.8. The van der Waals surface area contributed by atoms with E-state index < -0.39 is 22.8 Å². The van der Waals surface area contributed by atoms with Gasteiger partial charge in [0, 0.05) is 136 Å². The summed E-state index contributed by atoms with van der Waals surface area (Å²) in [6.45, 7) is 0.943. The van der Waals surface area contributed by atoms with E-state index in [9.17, 15) is 33.6 Å². The Balaban J connectivity index is 0.000000121. The highest BCUT2D eigenvalue weighted by Crippen LogP contribution is 2.59. The number of anilines is 3. The van der Waals surface area contributed by atoms with Crippen molar-refractivity contribution < 1.29 is 33.6 Å². The van der Waals surface area contributed by atoms with Crippen LogP contribution in [0.3, 0.4) is 0 Å². The Labute approximate surface area is 477 Å². The summed E-state index contributed by atoms with van der Waals surface area (Å²) in [5.74, 6) is -1.96. The number of carbonyl (C=O) groups is 7. The van der Waals surface area contributed by atoms with E-state index >= 15 is 0 Å². The van der Waals surface area contributed by atoms with Gasteiger partial charge in [-0.05, 0) is 79.6 Å². The minimum atomic E-state index is -0.945. The molecule has 8 heterocycles. The molecule has 8 atom stereocenters. The molecule has 0 unspecified atom stereocenters. The number of amides is 4. The summed E-state index contributed by atoms with van der Waals surface area (Å²) in [5, 5.41) is 27.2. The Morgan fingerprint density at radius 1 is 0.605 bits per heavy atom. The molecule has 2 saturated carbocycles. The summed E-state index contributed by atoms with van der Waals surface area (Å²) in [6.07, 6.45) is 5.83. The fraction of sp³-hybridized carbons (Fsp3) is 0.264. The van der Waals surface area contributed by atoms with Gasteiger partial charge in [0.1, 0.15) is 22.6 Å². The number of nitrogens with one attached hydrogen (secondary N) is 6. The lowest BCUT2D eigenvalue weighted by molar-refractivity contribution is -0.125. The quantitative estimate of drug-likeness (QED) is 0.0618. The Hall–Kier alpha value is -4.99. The van der Waals surface area contributed by atoms with Crippen molar-refractivity contribution in [2.75, 3.05) is 29.0 Å². The lowest BCUT2D eigenvalue weighted by Gasteiger charge is -2.31. The first kappa shape index (κ1) is 54.4. The molecule has 14 nitrogen and oxygen atoms in total. The third-order valence-electron chi connectivity index (χ3n) is 14.4. The van der Waals surface area contributed by atoms with Crippen LogP contribution in [0.5, 0.6) is 0 Å². The number of hydrogen-bond acceptors (Lipinski definition) is 13. The van der Waals surface area contributed by atoms with Crippen LogP contribution in [-0.2, 0) is 39.8 Å². The van der Waals surface area contributed by atoms with Crippen LogP contribution in [0.2, 0.25) is 30.1 Å². The van der Waals surface area contributed by atoms with E-state index in [0.29, 0.717) is 78.7 Å². The largest absolute Gasteiger partial charge is 0.351 e. The Morgan fingerprint density at radius 2 is 1.08 bits per heavy atom. The molecule has 2 saturated heterocycles. The van der Waals surface area contributed by atoms with Crippen LogP contribution < -0.4 is 37.6 Å². The number of thiophene rings is 3. The van der Waals surface area contributed by atoms with Crippen molar-refractivity contribution in [1.82, 2.24) is 16.0 Å². The Kier molecular flexibility index (Phi) is 15.8. The number of carbonyl (C=O) groups excluding carboxylic acids is 7. The second-order valence-electron chi connectivity index (χ2n) is 18.8. The van der Waals surface area contributed by atoms with E-state index in [1.54, 1.807) is 48.5 Å². The van der Waals surface area contributed by atoms with E-state index in [-0.39, 0.29) is 65.0 Å². The van der Waals surface area contributed by atoms with Crippen molar-refractivity contribution in [3.63, 3.8) is 0 Å². The molecule has 2 spiro atoms. The number of fused-ring (bicyclic) bond motifs is 7. The molecule has 13 rings (SSSR count). The normalized spacial score (nSPS) is 25.9.